The first-order valence-corrected chi connectivity index (χ1v) is 5.39. The molecule has 1 atom stereocenters. The van der Waals surface area contributed by atoms with Crippen molar-refractivity contribution >= 4 is 5.97 Å². The third-order valence-electron chi connectivity index (χ3n) is 3.16. The van der Waals surface area contributed by atoms with Gasteiger partial charge in [0.15, 0.2) is 0 Å². The molecule has 1 aromatic carbocycles. The van der Waals surface area contributed by atoms with Gasteiger partial charge in [0.05, 0.1) is 13.5 Å². The maximum atomic E-state index is 11.1. The minimum absolute atomic E-state index is 0.166. The van der Waals surface area contributed by atoms with Gasteiger partial charge in [-0.25, -0.2) is 0 Å². The van der Waals surface area contributed by atoms with Gasteiger partial charge < -0.3 is 4.74 Å². The van der Waals surface area contributed by atoms with Crippen LogP contribution in [-0.2, 0) is 22.4 Å². The SMILES string of the molecule is COC(=O)Cc1ccc2c(c1)CCC2C. The Morgan fingerprint density at radius 1 is 1.53 bits per heavy atom. The van der Waals surface area contributed by atoms with Gasteiger partial charge in [-0.05, 0) is 35.4 Å². The van der Waals surface area contributed by atoms with E-state index in [0.717, 1.165) is 12.0 Å². The molecule has 0 bridgehead atoms. The summed E-state index contributed by atoms with van der Waals surface area (Å²) >= 11 is 0. The minimum Gasteiger partial charge on any atom is -0.469 e. The van der Waals surface area contributed by atoms with E-state index in [-0.39, 0.29) is 5.97 Å². The zero-order valence-electron chi connectivity index (χ0n) is 9.25. The Labute approximate surface area is 90.3 Å². The van der Waals surface area contributed by atoms with Crippen LogP contribution in [0.5, 0.6) is 0 Å². The van der Waals surface area contributed by atoms with Crippen LogP contribution in [0.1, 0.15) is 36.0 Å². The first kappa shape index (κ1) is 10.2. The molecule has 1 unspecified atom stereocenters. The smallest absolute Gasteiger partial charge is 0.309 e. The molecule has 1 aliphatic rings. The lowest BCUT2D eigenvalue weighted by atomic mass is 10.0. The van der Waals surface area contributed by atoms with Crippen LogP contribution >= 0.6 is 0 Å². The van der Waals surface area contributed by atoms with E-state index in [2.05, 4.69) is 23.8 Å². The van der Waals surface area contributed by atoms with Crippen LogP contribution in [0, 0.1) is 0 Å². The van der Waals surface area contributed by atoms with Crippen molar-refractivity contribution in [3.8, 4) is 0 Å². The molecule has 0 aliphatic heterocycles. The summed E-state index contributed by atoms with van der Waals surface area (Å²) in [6, 6.07) is 6.35. The molecule has 0 N–H and O–H groups in total. The minimum atomic E-state index is -0.166. The molecule has 0 heterocycles. The molecule has 2 rings (SSSR count). The van der Waals surface area contributed by atoms with Crippen molar-refractivity contribution in [2.45, 2.75) is 32.1 Å². The largest absolute Gasteiger partial charge is 0.469 e. The lowest BCUT2D eigenvalue weighted by molar-refractivity contribution is -0.139. The summed E-state index contributed by atoms with van der Waals surface area (Å²) in [6.07, 6.45) is 2.76. The summed E-state index contributed by atoms with van der Waals surface area (Å²) in [7, 11) is 1.43. The fraction of sp³-hybridized carbons (Fsp3) is 0.462. The molecule has 0 saturated heterocycles. The van der Waals surface area contributed by atoms with Crippen LogP contribution in [0.2, 0.25) is 0 Å². The molecular formula is C13H16O2. The second kappa shape index (κ2) is 4.05. The van der Waals surface area contributed by atoms with E-state index in [0.29, 0.717) is 12.3 Å². The highest BCUT2D eigenvalue weighted by molar-refractivity contribution is 5.72. The highest BCUT2D eigenvalue weighted by atomic mass is 16.5. The number of ether oxygens (including phenoxy) is 1. The molecule has 0 fully saturated rings. The number of hydrogen-bond donors (Lipinski definition) is 0. The zero-order chi connectivity index (χ0) is 10.8. The normalized spacial score (nSPS) is 18.7. The molecule has 15 heavy (non-hydrogen) atoms. The zero-order valence-corrected chi connectivity index (χ0v) is 9.25. The number of carbonyl (C=O) groups excluding carboxylic acids is 1. The Morgan fingerprint density at radius 2 is 2.33 bits per heavy atom. The van der Waals surface area contributed by atoms with E-state index in [1.54, 1.807) is 0 Å². The number of aryl methyl sites for hydroxylation is 1. The van der Waals surface area contributed by atoms with Crippen molar-refractivity contribution in [2.24, 2.45) is 0 Å². The van der Waals surface area contributed by atoms with Gasteiger partial charge in [-0.1, -0.05) is 25.1 Å². The Hall–Kier alpha value is -1.31. The van der Waals surface area contributed by atoms with Gasteiger partial charge in [0, 0.05) is 0 Å². The first-order valence-electron chi connectivity index (χ1n) is 5.39. The maximum absolute atomic E-state index is 11.1. The Morgan fingerprint density at radius 3 is 3.07 bits per heavy atom. The number of methoxy groups -OCH3 is 1. The van der Waals surface area contributed by atoms with Crippen LogP contribution in [0.4, 0.5) is 0 Å². The number of rotatable bonds is 2. The fourth-order valence-corrected chi connectivity index (χ4v) is 2.23. The number of carbonyl (C=O) groups is 1. The molecule has 1 aliphatic carbocycles. The molecular weight excluding hydrogens is 188 g/mol. The monoisotopic (exact) mass is 204 g/mol. The van der Waals surface area contributed by atoms with E-state index in [9.17, 15) is 4.79 Å². The summed E-state index contributed by atoms with van der Waals surface area (Å²) in [6.45, 7) is 2.26. The standard InChI is InChI=1S/C13H16O2/c1-9-3-5-11-7-10(4-6-12(9)11)8-13(14)15-2/h4,6-7,9H,3,5,8H2,1-2H3. The van der Waals surface area contributed by atoms with Crippen LogP contribution in [0.25, 0.3) is 0 Å². The summed E-state index contributed by atoms with van der Waals surface area (Å²) in [5, 5.41) is 0. The van der Waals surface area contributed by atoms with Crippen molar-refractivity contribution in [3.05, 3.63) is 34.9 Å². The first-order chi connectivity index (χ1) is 7.20. The van der Waals surface area contributed by atoms with Gasteiger partial charge in [-0.2, -0.15) is 0 Å². The van der Waals surface area contributed by atoms with Gasteiger partial charge in [-0.3, -0.25) is 4.79 Å². The van der Waals surface area contributed by atoms with Gasteiger partial charge in [0.25, 0.3) is 0 Å². The quantitative estimate of drug-likeness (QED) is 0.692. The molecule has 2 nitrogen and oxygen atoms in total. The Balaban J connectivity index is 2.19. The van der Waals surface area contributed by atoms with Gasteiger partial charge in [0.1, 0.15) is 0 Å². The predicted molar refractivity (Wildman–Crippen MR) is 58.9 cm³/mol. The number of fused-ring (bicyclic) bond motifs is 1. The summed E-state index contributed by atoms with van der Waals surface area (Å²) in [5.41, 5.74) is 3.92. The molecule has 80 valence electrons. The van der Waals surface area contributed by atoms with Crippen LogP contribution in [0.3, 0.4) is 0 Å². The van der Waals surface area contributed by atoms with Gasteiger partial charge in [0.2, 0.25) is 0 Å². The van der Waals surface area contributed by atoms with Crippen molar-refractivity contribution in [3.63, 3.8) is 0 Å². The van der Waals surface area contributed by atoms with Crippen LogP contribution < -0.4 is 0 Å². The van der Waals surface area contributed by atoms with E-state index in [1.165, 1.54) is 24.7 Å². The molecule has 0 saturated carbocycles. The topological polar surface area (TPSA) is 26.3 Å². The summed E-state index contributed by atoms with van der Waals surface area (Å²) < 4.78 is 4.66. The molecule has 2 heteroatoms. The van der Waals surface area contributed by atoms with Gasteiger partial charge >= 0.3 is 5.97 Å². The Bertz CT molecular complexity index is 382. The number of hydrogen-bond acceptors (Lipinski definition) is 2. The Kier molecular flexibility index (Phi) is 2.76. The highest BCUT2D eigenvalue weighted by Crippen LogP contribution is 2.32. The lowest BCUT2D eigenvalue weighted by Gasteiger charge is -2.06. The van der Waals surface area contributed by atoms with Crippen molar-refractivity contribution in [1.82, 2.24) is 0 Å². The lowest BCUT2D eigenvalue weighted by Crippen LogP contribution is -2.04. The molecule has 0 aromatic heterocycles. The second-order valence-electron chi connectivity index (χ2n) is 4.23. The molecule has 0 radical (unpaired) electrons. The average molecular weight is 204 g/mol. The fourth-order valence-electron chi connectivity index (χ4n) is 2.23. The van der Waals surface area contributed by atoms with E-state index >= 15 is 0 Å². The van der Waals surface area contributed by atoms with Gasteiger partial charge in [-0.15, -0.1) is 0 Å². The molecule has 1 aromatic rings. The van der Waals surface area contributed by atoms with E-state index in [1.807, 2.05) is 6.07 Å². The average Bonchev–Trinajstić information content (AvgIpc) is 2.60. The molecule has 0 spiro atoms. The van der Waals surface area contributed by atoms with E-state index < -0.39 is 0 Å². The third-order valence-corrected chi connectivity index (χ3v) is 3.16. The van der Waals surface area contributed by atoms with E-state index in [4.69, 9.17) is 0 Å². The predicted octanol–water partition coefficient (Wildman–Crippen LogP) is 2.45. The summed E-state index contributed by atoms with van der Waals surface area (Å²) in [5.74, 6) is 0.508. The summed E-state index contributed by atoms with van der Waals surface area (Å²) in [4.78, 5) is 11.1. The van der Waals surface area contributed by atoms with Crippen molar-refractivity contribution in [1.29, 1.82) is 0 Å². The van der Waals surface area contributed by atoms with Crippen LogP contribution in [-0.4, -0.2) is 13.1 Å². The number of benzene rings is 1. The second-order valence-corrected chi connectivity index (χ2v) is 4.23. The van der Waals surface area contributed by atoms with Crippen molar-refractivity contribution < 1.29 is 9.53 Å². The molecule has 0 amide bonds. The third kappa shape index (κ3) is 2.04. The van der Waals surface area contributed by atoms with Crippen molar-refractivity contribution in [2.75, 3.05) is 7.11 Å². The maximum Gasteiger partial charge on any atom is 0.309 e. The van der Waals surface area contributed by atoms with Crippen LogP contribution in [0.15, 0.2) is 18.2 Å². The highest BCUT2D eigenvalue weighted by Gasteiger charge is 2.18. The number of esters is 1.